The molecule has 17 heavy (non-hydrogen) atoms. The normalized spacial score (nSPS) is 14.9. The standard InChI is InChI=1S/C11H13N5O/c1-17-9-10(12)13-6-14-11(9)16-5-4-8(15-16)7-2-3-7/h4-7H,2-3H2,1H3,(H2,12,13,14). The van der Waals surface area contributed by atoms with Gasteiger partial charge in [0.15, 0.2) is 5.82 Å². The van der Waals surface area contributed by atoms with Gasteiger partial charge in [-0.05, 0) is 18.9 Å². The quantitative estimate of drug-likeness (QED) is 0.856. The topological polar surface area (TPSA) is 78.9 Å². The third-order valence-electron chi connectivity index (χ3n) is 2.84. The van der Waals surface area contributed by atoms with E-state index in [1.165, 1.54) is 19.2 Å². The molecule has 2 aromatic heterocycles. The van der Waals surface area contributed by atoms with Crippen molar-refractivity contribution in [2.24, 2.45) is 0 Å². The van der Waals surface area contributed by atoms with Gasteiger partial charge in [0.25, 0.3) is 0 Å². The van der Waals surface area contributed by atoms with Crippen molar-refractivity contribution in [3.05, 3.63) is 24.3 Å². The summed E-state index contributed by atoms with van der Waals surface area (Å²) in [6.07, 6.45) is 5.73. The number of anilines is 1. The minimum Gasteiger partial charge on any atom is -0.490 e. The Labute approximate surface area is 98.4 Å². The van der Waals surface area contributed by atoms with Gasteiger partial charge in [0.05, 0.1) is 12.8 Å². The summed E-state index contributed by atoms with van der Waals surface area (Å²) in [4.78, 5) is 8.05. The fourth-order valence-electron chi connectivity index (χ4n) is 1.79. The Kier molecular flexibility index (Phi) is 2.21. The SMILES string of the molecule is COc1c(N)ncnc1-n1ccc(C2CC2)n1. The molecule has 0 aliphatic heterocycles. The molecule has 0 bridgehead atoms. The third kappa shape index (κ3) is 1.71. The van der Waals surface area contributed by atoms with Gasteiger partial charge in [-0.1, -0.05) is 0 Å². The zero-order valence-electron chi connectivity index (χ0n) is 9.50. The average Bonchev–Trinajstić information content (AvgIpc) is 3.07. The molecule has 0 radical (unpaired) electrons. The molecular formula is C11H13N5O. The van der Waals surface area contributed by atoms with Gasteiger partial charge in [-0.2, -0.15) is 5.10 Å². The van der Waals surface area contributed by atoms with E-state index in [4.69, 9.17) is 10.5 Å². The Morgan fingerprint density at radius 2 is 2.24 bits per heavy atom. The molecule has 2 aromatic rings. The Morgan fingerprint density at radius 3 is 2.94 bits per heavy atom. The van der Waals surface area contributed by atoms with Gasteiger partial charge in [0.1, 0.15) is 6.33 Å². The number of nitrogen functional groups attached to an aromatic ring is 1. The number of rotatable bonds is 3. The number of ether oxygens (including phenoxy) is 1. The summed E-state index contributed by atoms with van der Waals surface area (Å²) in [5.74, 6) is 1.97. The van der Waals surface area contributed by atoms with Crippen LogP contribution >= 0.6 is 0 Å². The van der Waals surface area contributed by atoms with Gasteiger partial charge < -0.3 is 10.5 Å². The number of methoxy groups -OCH3 is 1. The summed E-state index contributed by atoms with van der Waals surface area (Å²) in [5, 5.41) is 4.48. The maximum absolute atomic E-state index is 5.73. The molecule has 2 heterocycles. The van der Waals surface area contributed by atoms with Crippen molar-refractivity contribution >= 4 is 5.82 Å². The predicted octanol–water partition coefficient (Wildman–Crippen LogP) is 1.13. The Morgan fingerprint density at radius 1 is 1.41 bits per heavy atom. The second-order valence-corrected chi connectivity index (χ2v) is 4.08. The number of nitrogens with zero attached hydrogens (tertiary/aromatic N) is 4. The van der Waals surface area contributed by atoms with Crippen LogP contribution in [0.4, 0.5) is 5.82 Å². The maximum atomic E-state index is 5.73. The zero-order chi connectivity index (χ0) is 11.8. The van der Waals surface area contributed by atoms with E-state index in [2.05, 4.69) is 15.1 Å². The largest absolute Gasteiger partial charge is 0.490 e. The van der Waals surface area contributed by atoms with E-state index in [1.54, 1.807) is 11.8 Å². The molecule has 6 heteroatoms. The molecule has 0 amide bonds. The Hall–Kier alpha value is -2.11. The summed E-state index contributed by atoms with van der Waals surface area (Å²) in [5.41, 5.74) is 6.83. The fraction of sp³-hybridized carbons (Fsp3) is 0.364. The molecule has 0 aromatic carbocycles. The van der Waals surface area contributed by atoms with Crippen LogP contribution in [-0.4, -0.2) is 26.9 Å². The van der Waals surface area contributed by atoms with Crippen LogP contribution in [0.25, 0.3) is 5.82 Å². The van der Waals surface area contributed by atoms with Crippen molar-refractivity contribution in [3.8, 4) is 11.6 Å². The van der Waals surface area contributed by atoms with Crippen LogP contribution < -0.4 is 10.5 Å². The highest BCUT2D eigenvalue weighted by atomic mass is 16.5. The first-order valence-electron chi connectivity index (χ1n) is 5.50. The Balaban J connectivity index is 2.04. The van der Waals surface area contributed by atoms with Crippen LogP contribution in [0.5, 0.6) is 5.75 Å². The summed E-state index contributed by atoms with van der Waals surface area (Å²) >= 11 is 0. The van der Waals surface area contributed by atoms with Crippen molar-refractivity contribution in [2.45, 2.75) is 18.8 Å². The summed E-state index contributed by atoms with van der Waals surface area (Å²) in [6, 6.07) is 2.01. The van der Waals surface area contributed by atoms with Crippen molar-refractivity contribution < 1.29 is 4.74 Å². The van der Waals surface area contributed by atoms with Gasteiger partial charge in [-0.25, -0.2) is 14.6 Å². The fourth-order valence-corrected chi connectivity index (χ4v) is 1.79. The van der Waals surface area contributed by atoms with Gasteiger partial charge in [0, 0.05) is 12.1 Å². The average molecular weight is 231 g/mol. The number of aromatic nitrogens is 4. The van der Waals surface area contributed by atoms with E-state index in [-0.39, 0.29) is 0 Å². The summed E-state index contributed by atoms with van der Waals surface area (Å²) in [7, 11) is 1.55. The highest BCUT2D eigenvalue weighted by Crippen LogP contribution is 2.39. The van der Waals surface area contributed by atoms with Crippen molar-refractivity contribution in [1.29, 1.82) is 0 Å². The number of hydrogen-bond acceptors (Lipinski definition) is 5. The van der Waals surface area contributed by atoms with Gasteiger partial charge in [-0.3, -0.25) is 0 Å². The lowest BCUT2D eigenvalue weighted by Gasteiger charge is -2.08. The van der Waals surface area contributed by atoms with Crippen LogP contribution in [0.3, 0.4) is 0 Å². The molecule has 0 atom stereocenters. The number of hydrogen-bond donors (Lipinski definition) is 1. The smallest absolute Gasteiger partial charge is 0.206 e. The molecule has 2 N–H and O–H groups in total. The molecule has 3 rings (SSSR count). The maximum Gasteiger partial charge on any atom is 0.206 e. The molecule has 0 unspecified atom stereocenters. The highest BCUT2D eigenvalue weighted by Gasteiger charge is 2.26. The molecule has 1 aliphatic rings. The van der Waals surface area contributed by atoms with Gasteiger partial charge in [-0.15, -0.1) is 0 Å². The Bertz CT molecular complexity index is 547. The molecule has 1 fully saturated rings. The first kappa shape index (κ1) is 10.1. The van der Waals surface area contributed by atoms with Gasteiger partial charge >= 0.3 is 0 Å². The zero-order valence-corrected chi connectivity index (χ0v) is 9.50. The van der Waals surface area contributed by atoms with Crippen LogP contribution in [0.2, 0.25) is 0 Å². The monoisotopic (exact) mass is 231 g/mol. The van der Waals surface area contributed by atoms with E-state index < -0.39 is 0 Å². The van der Waals surface area contributed by atoms with E-state index in [0.717, 1.165) is 5.69 Å². The van der Waals surface area contributed by atoms with Crippen molar-refractivity contribution in [2.75, 3.05) is 12.8 Å². The van der Waals surface area contributed by atoms with Crippen LogP contribution in [0, 0.1) is 0 Å². The third-order valence-corrected chi connectivity index (χ3v) is 2.84. The van der Waals surface area contributed by atoms with E-state index in [9.17, 15) is 0 Å². The molecular weight excluding hydrogens is 218 g/mol. The lowest BCUT2D eigenvalue weighted by molar-refractivity contribution is 0.409. The van der Waals surface area contributed by atoms with Crippen LogP contribution in [-0.2, 0) is 0 Å². The first-order chi connectivity index (χ1) is 8.29. The minimum atomic E-state index is 0.320. The van der Waals surface area contributed by atoms with E-state index in [1.807, 2.05) is 12.3 Å². The molecule has 1 aliphatic carbocycles. The summed E-state index contributed by atoms with van der Waals surface area (Å²) < 4.78 is 6.89. The van der Waals surface area contributed by atoms with Crippen LogP contribution in [0.15, 0.2) is 18.6 Å². The molecule has 88 valence electrons. The van der Waals surface area contributed by atoms with E-state index in [0.29, 0.717) is 23.3 Å². The van der Waals surface area contributed by atoms with E-state index >= 15 is 0 Å². The second kappa shape index (κ2) is 3.73. The highest BCUT2D eigenvalue weighted by molar-refractivity contribution is 5.54. The summed E-state index contributed by atoms with van der Waals surface area (Å²) in [6.45, 7) is 0. The molecule has 0 saturated heterocycles. The first-order valence-corrected chi connectivity index (χ1v) is 5.50. The molecule has 0 spiro atoms. The van der Waals surface area contributed by atoms with Crippen molar-refractivity contribution in [1.82, 2.24) is 19.7 Å². The predicted molar refractivity (Wildman–Crippen MR) is 62.1 cm³/mol. The molecule has 6 nitrogen and oxygen atoms in total. The van der Waals surface area contributed by atoms with Gasteiger partial charge in [0.2, 0.25) is 11.6 Å². The second-order valence-electron chi connectivity index (χ2n) is 4.08. The number of nitrogens with two attached hydrogens (primary N) is 1. The van der Waals surface area contributed by atoms with Crippen molar-refractivity contribution in [3.63, 3.8) is 0 Å². The molecule has 1 saturated carbocycles. The van der Waals surface area contributed by atoms with Crippen LogP contribution in [0.1, 0.15) is 24.5 Å². The lowest BCUT2D eigenvalue weighted by Crippen LogP contribution is -2.06. The lowest BCUT2D eigenvalue weighted by atomic mass is 10.3. The minimum absolute atomic E-state index is 0.320.